The standard InChI is InChI=1S/C15H12ClF3O2/c16-12-4-6-13(7-5-12)20-9-8-11-2-1-3-14(10-11)21-15(17,18)19/h1-7,10H,8-9H2. The van der Waals surface area contributed by atoms with Crippen LogP contribution in [0.1, 0.15) is 5.56 Å². The summed E-state index contributed by atoms with van der Waals surface area (Å²) < 4.78 is 45.7. The summed E-state index contributed by atoms with van der Waals surface area (Å²) in [6.07, 6.45) is -4.21. The Kier molecular flexibility index (Phi) is 4.96. The number of benzene rings is 2. The van der Waals surface area contributed by atoms with Crippen molar-refractivity contribution in [3.05, 3.63) is 59.1 Å². The van der Waals surface area contributed by atoms with E-state index in [1.807, 2.05) is 0 Å². The smallest absolute Gasteiger partial charge is 0.493 e. The fourth-order valence-electron chi connectivity index (χ4n) is 1.72. The van der Waals surface area contributed by atoms with Crippen molar-refractivity contribution in [3.63, 3.8) is 0 Å². The molecule has 0 aliphatic rings. The Morgan fingerprint density at radius 1 is 0.952 bits per heavy atom. The van der Waals surface area contributed by atoms with Gasteiger partial charge in [-0.2, -0.15) is 0 Å². The van der Waals surface area contributed by atoms with E-state index in [0.29, 0.717) is 29.4 Å². The molecule has 0 spiro atoms. The first-order valence-corrected chi connectivity index (χ1v) is 6.53. The highest BCUT2D eigenvalue weighted by atomic mass is 35.5. The largest absolute Gasteiger partial charge is 0.573 e. The molecule has 0 bridgehead atoms. The molecule has 0 aliphatic heterocycles. The summed E-state index contributed by atoms with van der Waals surface area (Å²) in [4.78, 5) is 0. The predicted octanol–water partition coefficient (Wildman–Crippen LogP) is 4.86. The summed E-state index contributed by atoms with van der Waals surface area (Å²) >= 11 is 5.75. The van der Waals surface area contributed by atoms with Crippen LogP contribution in [0.15, 0.2) is 48.5 Å². The van der Waals surface area contributed by atoms with Crippen LogP contribution in [0.4, 0.5) is 13.2 Å². The minimum atomic E-state index is -4.68. The number of hydrogen-bond donors (Lipinski definition) is 0. The zero-order valence-corrected chi connectivity index (χ0v) is 11.6. The topological polar surface area (TPSA) is 18.5 Å². The van der Waals surface area contributed by atoms with Crippen LogP contribution in [0.25, 0.3) is 0 Å². The van der Waals surface area contributed by atoms with E-state index in [0.717, 1.165) is 0 Å². The Labute approximate surface area is 125 Å². The van der Waals surface area contributed by atoms with Crippen molar-refractivity contribution in [3.8, 4) is 11.5 Å². The summed E-state index contributed by atoms with van der Waals surface area (Å²) in [6, 6.07) is 12.7. The summed E-state index contributed by atoms with van der Waals surface area (Å²) in [5, 5.41) is 0.611. The van der Waals surface area contributed by atoms with Crippen LogP contribution in [-0.4, -0.2) is 13.0 Å². The lowest BCUT2D eigenvalue weighted by Gasteiger charge is -2.10. The van der Waals surface area contributed by atoms with Gasteiger partial charge in [-0.05, 0) is 42.0 Å². The van der Waals surface area contributed by atoms with Crippen molar-refractivity contribution in [2.24, 2.45) is 0 Å². The molecule has 112 valence electrons. The zero-order chi connectivity index (χ0) is 15.3. The summed E-state index contributed by atoms with van der Waals surface area (Å²) in [5.41, 5.74) is 0.700. The van der Waals surface area contributed by atoms with Gasteiger partial charge >= 0.3 is 6.36 Å². The molecule has 0 saturated heterocycles. The summed E-state index contributed by atoms with van der Waals surface area (Å²) in [5.74, 6) is 0.425. The van der Waals surface area contributed by atoms with Gasteiger partial charge in [0, 0.05) is 11.4 Å². The van der Waals surface area contributed by atoms with E-state index < -0.39 is 6.36 Å². The normalized spacial score (nSPS) is 11.2. The molecule has 2 rings (SSSR count). The van der Waals surface area contributed by atoms with Gasteiger partial charge in [-0.3, -0.25) is 0 Å². The first-order chi connectivity index (χ1) is 9.92. The molecule has 6 heteroatoms. The number of halogens is 4. The van der Waals surface area contributed by atoms with Gasteiger partial charge in [-0.25, -0.2) is 0 Å². The zero-order valence-electron chi connectivity index (χ0n) is 10.9. The molecule has 0 amide bonds. The molecule has 2 nitrogen and oxygen atoms in total. The maximum absolute atomic E-state index is 12.1. The highest BCUT2D eigenvalue weighted by Crippen LogP contribution is 2.23. The maximum Gasteiger partial charge on any atom is 0.573 e. The minimum Gasteiger partial charge on any atom is -0.493 e. The van der Waals surface area contributed by atoms with Crippen molar-refractivity contribution >= 4 is 11.6 Å². The molecule has 0 unspecified atom stereocenters. The monoisotopic (exact) mass is 316 g/mol. The highest BCUT2D eigenvalue weighted by Gasteiger charge is 2.31. The minimum absolute atomic E-state index is 0.230. The number of ether oxygens (including phenoxy) is 2. The average molecular weight is 317 g/mol. The van der Waals surface area contributed by atoms with E-state index in [1.54, 1.807) is 30.3 Å². The van der Waals surface area contributed by atoms with E-state index >= 15 is 0 Å². The third-order valence-electron chi connectivity index (χ3n) is 2.61. The molecular formula is C15H12ClF3O2. The second-order valence-electron chi connectivity index (χ2n) is 4.25. The molecule has 0 N–H and O–H groups in total. The molecule has 0 saturated carbocycles. The van der Waals surface area contributed by atoms with E-state index in [1.165, 1.54) is 18.2 Å². The van der Waals surface area contributed by atoms with Crippen LogP contribution in [0.2, 0.25) is 5.02 Å². The van der Waals surface area contributed by atoms with Crippen molar-refractivity contribution in [2.75, 3.05) is 6.61 Å². The molecule has 21 heavy (non-hydrogen) atoms. The van der Waals surface area contributed by atoms with Gasteiger partial charge in [0.05, 0.1) is 6.61 Å². The number of hydrogen-bond acceptors (Lipinski definition) is 2. The Morgan fingerprint density at radius 2 is 1.67 bits per heavy atom. The molecule has 0 heterocycles. The van der Waals surface area contributed by atoms with Crippen LogP contribution < -0.4 is 9.47 Å². The Bertz CT molecular complexity index is 582. The highest BCUT2D eigenvalue weighted by molar-refractivity contribution is 6.30. The second-order valence-corrected chi connectivity index (χ2v) is 4.68. The Balaban J connectivity index is 1.88. The van der Waals surface area contributed by atoms with Crippen molar-refractivity contribution in [2.45, 2.75) is 12.8 Å². The molecule has 0 fully saturated rings. The molecule has 2 aromatic carbocycles. The van der Waals surface area contributed by atoms with Crippen molar-refractivity contribution in [1.82, 2.24) is 0 Å². The molecule has 0 aliphatic carbocycles. The van der Waals surface area contributed by atoms with Crippen LogP contribution >= 0.6 is 11.6 Å². The van der Waals surface area contributed by atoms with Crippen LogP contribution in [0, 0.1) is 0 Å². The van der Waals surface area contributed by atoms with Crippen molar-refractivity contribution in [1.29, 1.82) is 0 Å². The van der Waals surface area contributed by atoms with Crippen LogP contribution in [0.3, 0.4) is 0 Å². The van der Waals surface area contributed by atoms with Gasteiger partial charge in [0.25, 0.3) is 0 Å². The molecule has 2 aromatic rings. The SMILES string of the molecule is FC(F)(F)Oc1cccc(CCOc2ccc(Cl)cc2)c1. The molecular weight excluding hydrogens is 305 g/mol. The lowest BCUT2D eigenvalue weighted by atomic mass is 10.1. The first kappa shape index (κ1) is 15.5. The van der Waals surface area contributed by atoms with Gasteiger partial charge in [0.15, 0.2) is 0 Å². The summed E-state index contributed by atoms with van der Waals surface area (Å²) in [6.45, 7) is 0.344. The van der Waals surface area contributed by atoms with Gasteiger partial charge in [-0.1, -0.05) is 23.7 Å². The Morgan fingerprint density at radius 3 is 2.33 bits per heavy atom. The fraction of sp³-hybridized carbons (Fsp3) is 0.200. The lowest BCUT2D eigenvalue weighted by molar-refractivity contribution is -0.274. The number of alkyl halides is 3. The summed E-state index contributed by atoms with van der Waals surface area (Å²) in [7, 11) is 0. The van der Waals surface area contributed by atoms with Crippen LogP contribution in [-0.2, 0) is 6.42 Å². The number of rotatable bonds is 5. The van der Waals surface area contributed by atoms with E-state index in [2.05, 4.69) is 4.74 Å². The van der Waals surface area contributed by atoms with Gasteiger partial charge < -0.3 is 9.47 Å². The lowest BCUT2D eigenvalue weighted by Crippen LogP contribution is -2.17. The maximum atomic E-state index is 12.1. The molecule has 0 aromatic heterocycles. The van der Waals surface area contributed by atoms with E-state index in [9.17, 15) is 13.2 Å². The van der Waals surface area contributed by atoms with E-state index in [4.69, 9.17) is 16.3 Å². The van der Waals surface area contributed by atoms with Gasteiger partial charge in [0.1, 0.15) is 11.5 Å². The fourth-order valence-corrected chi connectivity index (χ4v) is 1.84. The molecule has 0 atom stereocenters. The average Bonchev–Trinajstić information content (AvgIpc) is 2.39. The van der Waals surface area contributed by atoms with Gasteiger partial charge in [0.2, 0.25) is 0 Å². The van der Waals surface area contributed by atoms with Gasteiger partial charge in [-0.15, -0.1) is 13.2 Å². The molecule has 0 radical (unpaired) electrons. The van der Waals surface area contributed by atoms with Crippen LogP contribution in [0.5, 0.6) is 11.5 Å². The Hall–Kier alpha value is -1.88. The predicted molar refractivity (Wildman–Crippen MR) is 73.8 cm³/mol. The second kappa shape index (κ2) is 6.72. The first-order valence-electron chi connectivity index (χ1n) is 6.15. The third kappa shape index (κ3) is 5.55. The van der Waals surface area contributed by atoms with E-state index in [-0.39, 0.29) is 5.75 Å². The quantitative estimate of drug-likeness (QED) is 0.784. The van der Waals surface area contributed by atoms with Crippen molar-refractivity contribution < 1.29 is 22.6 Å². The third-order valence-corrected chi connectivity index (χ3v) is 2.86.